The molecule has 1 aromatic rings. The molecule has 0 aliphatic carbocycles. The van der Waals surface area contributed by atoms with Gasteiger partial charge in [0.25, 0.3) is 0 Å². The Bertz CT molecular complexity index is 205. The number of aryl methyl sites for hydroxylation is 1. The average molecular weight is 140 g/mol. The Morgan fingerprint density at radius 3 is 2.70 bits per heavy atom. The zero-order chi connectivity index (χ0) is 7.56. The van der Waals surface area contributed by atoms with Crippen LogP contribution in [0.15, 0.2) is 10.7 Å². The molecular weight excluding hydrogens is 128 g/mol. The van der Waals surface area contributed by atoms with E-state index in [4.69, 9.17) is 4.52 Å². The Morgan fingerprint density at radius 1 is 1.60 bits per heavy atom. The van der Waals surface area contributed by atoms with Gasteiger partial charge in [0, 0.05) is 12.1 Å². The van der Waals surface area contributed by atoms with Gasteiger partial charge in [0.2, 0.25) is 0 Å². The van der Waals surface area contributed by atoms with E-state index in [1.807, 2.05) is 21.0 Å². The molecule has 0 aliphatic rings. The van der Waals surface area contributed by atoms with E-state index >= 15 is 0 Å². The average Bonchev–Trinajstić information content (AvgIpc) is 2.15. The fourth-order valence-electron chi connectivity index (χ4n) is 0.811. The summed E-state index contributed by atoms with van der Waals surface area (Å²) in [5, 5.41) is 3.67. The molecule has 0 aromatic carbocycles. The molecule has 1 aromatic heterocycles. The van der Waals surface area contributed by atoms with Gasteiger partial charge >= 0.3 is 0 Å². The Kier molecular flexibility index (Phi) is 2.06. The maximum Gasteiger partial charge on any atom is 0.138 e. The van der Waals surface area contributed by atoms with Crippen molar-refractivity contribution in [2.75, 3.05) is 14.1 Å². The Hall–Kier alpha value is -0.830. The summed E-state index contributed by atoms with van der Waals surface area (Å²) in [5.41, 5.74) is 1.16. The molecule has 0 saturated carbocycles. The molecule has 0 aliphatic heterocycles. The summed E-state index contributed by atoms with van der Waals surface area (Å²) in [7, 11) is 4.04. The van der Waals surface area contributed by atoms with Gasteiger partial charge in [-0.05, 0) is 21.0 Å². The first-order chi connectivity index (χ1) is 4.70. The number of nitrogens with zero attached hydrogens (tertiary/aromatic N) is 2. The molecule has 0 radical (unpaired) electrons. The van der Waals surface area contributed by atoms with Gasteiger partial charge in [0.05, 0.1) is 6.20 Å². The Balaban J connectivity index is 2.65. The van der Waals surface area contributed by atoms with E-state index < -0.39 is 0 Å². The van der Waals surface area contributed by atoms with E-state index in [1.54, 1.807) is 6.20 Å². The minimum absolute atomic E-state index is 0.898. The molecule has 0 N–H and O–H groups in total. The monoisotopic (exact) mass is 140 g/mol. The smallest absolute Gasteiger partial charge is 0.138 e. The lowest BCUT2D eigenvalue weighted by molar-refractivity contribution is 0.380. The van der Waals surface area contributed by atoms with Crippen LogP contribution in [0.1, 0.15) is 11.3 Å². The predicted octanol–water partition coefficient (Wildman–Crippen LogP) is 1.04. The summed E-state index contributed by atoms with van der Waals surface area (Å²) in [6.07, 6.45) is 1.76. The molecule has 0 fully saturated rings. The van der Waals surface area contributed by atoms with Gasteiger partial charge in [-0.2, -0.15) is 0 Å². The van der Waals surface area contributed by atoms with E-state index in [0.717, 1.165) is 17.9 Å². The maximum atomic E-state index is 4.89. The minimum atomic E-state index is 0.898. The van der Waals surface area contributed by atoms with Crippen molar-refractivity contribution in [2.24, 2.45) is 0 Å². The third-order valence-corrected chi connectivity index (χ3v) is 1.34. The lowest BCUT2D eigenvalue weighted by atomic mass is 10.3. The molecule has 0 saturated heterocycles. The molecular formula is C7H12N2O. The molecule has 0 amide bonds. The van der Waals surface area contributed by atoms with Gasteiger partial charge in [-0.3, -0.25) is 0 Å². The van der Waals surface area contributed by atoms with Gasteiger partial charge in [-0.25, -0.2) is 0 Å². The van der Waals surface area contributed by atoms with Crippen LogP contribution in [0.3, 0.4) is 0 Å². The molecule has 3 nitrogen and oxygen atoms in total. The third kappa shape index (κ3) is 1.57. The molecule has 0 unspecified atom stereocenters. The van der Waals surface area contributed by atoms with Gasteiger partial charge in [0.1, 0.15) is 5.76 Å². The van der Waals surface area contributed by atoms with E-state index in [0.29, 0.717) is 0 Å². The summed E-state index contributed by atoms with van der Waals surface area (Å²) in [6.45, 7) is 2.82. The Labute approximate surface area is 60.6 Å². The zero-order valence-electron chi connectivity index (χ0n) is 6.59. The summed E-state index contributed by atoms with van der Waals surface area (Å²) in [4.78, 5) is 2.08. The first-order valence-corrected chi connectivity index (χ1v) is 3.25. The van der Waals surface area contributed by atoms with Crippen molar-refractivity contribution in [1.29, 1.82) is 0 Å². The number of hydrogen-bond acceptors (Lipinski definition) is 3. The highest BCUT2D eigenvalue weighted by atomic mass is 16.5. The van der Waals surface area contributed by atoms with Crippen LogP contribution < -0.4 is 0 Å². The van der Waals surface area contributed by atoms with E-state index in [2.05, 4.69) is 10.1 Å². The second-order valence-electron chi connectivity index (χ2n) is 2.65. The number of aromatic nitrogens is 1. The van der Waals surface area contributed by atoms with Crippen molar-refractivity contribution in [1.82, 2.24) is 10.1 Å². The molecule has 1 rings (SSSR count). The lowest BCUT2D eigenvalue weighted by Gasteiger charge is -2.06. The lowest BCUT2D eigenvalue weighted by Crippen LogP contribution is -2.10. The van der Waals surface area contributed by atoms with Crippen LogP contribution in [-0.2, 0) is 6.54 Å². The number of hydrogen-bond donors (Lipinski definition) is 0. The van der Waals surface area contributed by atoms with Crippen LogP contribution in [0.2, 0.25) is 0 Å². The van der Waals surface area contributed by atoms with Crippen molar-refractivity contribution in [3.8, 4) is 0 Å². The second-order valence-corrected chi connectivity index (χ2v) is 2.65. The van der Waals surface area contributed by atoms with Gasteiger partial charge in [-0.1, -0.05) is 5.16 Å². The standard InChI is InChI=1S/C7H12N2O/c1-6-7(4-8-10-6)5-9(2)3/h4H,5H2,1-3H3. The summed E-state index contributed by atoms with van der Waals surface area (Å²) in [5.74, 6) is 0.911. The van der Waals surface area contributed by atoms with Crippen molar-refractivity contribution in [3.63, 3.8) is 0 Å². The van der Waals surface area contributed by atoms with Gasteiger partial charge in [-0.15, -0.1) is 0 Å². The van der Waals surface area contributed by atoms with Crippen molar-refractivity contribution in [3.05, 3.63) is 17.5 Å². The molecule has 10 heavy (non-hydrogen) atoms. The van der Waals surface area contributed by atoms with E-state index in [-0.39, 0.29) is 0 Å². The molecule has 1 heterocycles. The molecule has 56 valence electrons. The SMILES string of the molecule is Cc1oncc1CN(C)C. The predicted molar refractivity (Wildman–Crippen MR) is 38.6 cm³/mol. The normalized spacial score (nSPS) is 10.8. The largest absolute Gasteiger partial charge is 0.361 e. The minimum Gasteiger partial charge on any atom is -0.361 e. The highest BCUT2D eigenvalue weighted by Crippen LogP contribution is 2.06. The molecule has 0 atom stereocenters. The van der Waals surface area contributed by atoms with Gasteiger partial charge < -0.3 is 9.42 Å². The quantitative estimate of drug-likeness (QED) is 0.614. The van der Waals surface area contributed by atoms with Crippen molar-refractivity contribution in [2.45, 2.75) is 13.5 Å². The summed E-state index contributed by atoms with van der Waals surface area (Å²) >= 11 is 0. The molecule has 3 heteroatoms. The highest BCUT2D eigenvalue weighted by molar-refractivity contribution is 5.10. The maximum absolute atomic E-state index is 4.89. The van der Waals surface area contributed by atoms with Crippen molar-refractivity contribution < 1.29 is 4.52 Å². The first-order valence-electron chi connectivity index (χ1n) is 3.25. The van der Waals surface area contributed by atoms with Gasteiger partial charge in [0.15, 0.2) is 0 Å². The Morgan fingerprint density at radius 2 is 2.30 bits per heavy atom. The van der Waals surface area contributed by atoms with E-state index in [9.17, 15) is 0 Å². The fraction of sp³-hybridized carbons (Fsp3) is 0.571. The zero-order valence-corrected chi connectivity index (χ0v) is 6.59. The third-order valence-electron chi connectivity index (χ3n) is 1.34. The van der Waals surface area contributed by atoms with Crippen LogP contribution >= 0.6 is 0 Å². The highest BCUT2D eigenvalue weighted by Gasteiger charge is 2.02. The van der Waals surface area contributed by atoms with Crippen LogP contribution in [0.25, 0.3) is 0 Å². The fourth-order valence-corrected chi connectivity index (χ4v) is 0.811. The first kappa shape index (κ1) is 7.28. The topological polar surface area (TPSA) is 29.3 Å². The molecule has 0 bridgehead atoms. The van der Waals surface area contributed by atoms with Crippen molar-refractivity contribution >= 4 is 0 Å². The van der Waals surface area contributed by atoms with Crippen LogP contribution in [0.5, 0.6) is 0 Å². The molecule has 0 spiro atoms. The summed E-state index contributed by atoms with van der Waals surface area (Å²) < 4.78 is 4.89. The summed E-state index contributed by atoms with van der Waals surface area (Å²) in [6, 6.07) is 0. The van der Waals surface area contributed by atoms with E-state index in [1.165, 1.54) is 0 Å². The van der Waals surface area contributed by atoms with Crippen LogP contribution in [0.4, 0.5) is 0 Å². The van der Waals surface area contributed by atoms with Crippen LogP contribution in [0, 0.1) is 6.92 Å². The second kappa shape index (κ2) is 2.84. The number of rotatable bonds is 2. The van der Waals surface area contributed by atoms with Crippen LogP contribution in [-0.4, -0.2) is 24.2 Å².